The number of halogens is 1. The topological polar surface area (TPSA) is 49.4 Å². The first-order chi connectivity index (χ1) is 12.0. The van der Waals surface area contributed by atoms with Crippen molar-refractivity contribution in [1.29, 1.82) is 0 Å². The van der Waals surface area contributed by atoms with E-state index in [1.165, 1.54) is 42.7 Å². The highest BCUT2D eigenvalue weighted by molar-refractivity contribution is 6.00. The van der Waals surface area contributed by atoms with Crippen LogP contribution in [-0.4, -0.2) is 24.4 Å². The molecule has 1 aromatic rings. The van der Waals surface area contributed by atoms with Crippen molar-refractivity contribution >= 4 is 17.5 Å². The molecule has 0 radical (unpaired) electrons. The van der Waals surface area contributed by atoms with Crippen molar-refractivity contribution in [1.82, 2.24) is 5.32 Å². The van der Waals surface area contributed by atoms with Crippen LogP contribution in [0.3, 0.4) is 0 Å². The van der Waals surface area contributed by atoms with Gasteiger partial charge < -0.3 is 10.2 Å². The van der Waals surface area contributed by atoms with E-state index in [2.05, 4.69) is 12.2 Å². The minimum Gasteiger partial charge on any atom is -0.353 e. The Hall–Kier alpha value is -1.91. The third-order valence-corrected chi connectivity index (χ3v) is 6.42. The average Bonchev–Trinajstić information content (AvgIpc) is 3.29. The Labute approximate surface area is 147 Å². The summed E-state index contributed by atoms with van der Waals surface area (Å²) in [7, 11) is 0. The number of rotatable bonds is 4. The quantitative estimate of drug-likeness (QED) is 0.912. The standard InChI is InChI=1S/C20H25FN2O2/c1-12(18-8-13-5-6-14(18)7-13)22-20(25)15-9-19(24)23(11-15)17-4-2-3-16(21)10-17/h2-4,10,12-15,18H,5-9,11H2,1H3,(H,22,25)/t12-,13-,14-,15-,18+/m0/s1. The lowest BCUT2D eigenvalue weighted by Gasteiger charge is -2.29. The second-order valence-electron chi connectivity index (χ2n) is 8.02. The molecule has 0 spiro atoms. The highest BCUT2D eigenvalue weighted by Crippen LogP contribution is 2.49. The molecule has 2 amide bonds. The molecule has 3 fully saturated rings. The molecule has 2 bridgehead atoms. The predicted octanol–water partition coefficient (Wildman–Crippen LogP) is 3.12. The number of hydrogen-bond donors (Lipinski definition) is 1. The molecule has 1 aromatic carbocycles. The van der Waals surface area contributed by atoms with Crippen molar-refractivity contribution in [3.8, 4) is 0 Å². The van der Waals surface area contributed by atoms with Crippen LogP contribution in [-0.2, 0) is 9.59 Å². The highest BCUT2D eigenvalue weighted by Gasteiger charge is 2.43. The van der Waals surface area contributed by atoms with Gasteiger partial charge in [0, 0.05) is 24.7 Å². The van der Waals surface area contributed by atoms with Crippen LogP contribution in [0.5, 0.6) is 0 Å². The van der Waals surface area contributed by atoms with Gasteiger partial charge in [-0.15, -0.1) is 0 Å². The van der Waals surface area contributed by atoms with Gasteiger partial charge in [-0.3, -0.25) is 9.59 Å². The van der Waals surface area contributed by atoms with Crippen LogP contribution in [0, 0.1) is 29.5 Å². The summed E-state index contributed by atoms with van der Waals surface area (Å²) in [6.07, 6.45) is 5.39. The molecule has 4 nitrogen and oxygen atoms in total. The summed E-state index contributed by atoms with van der Waals surface area (Å²) < 4.78 is 13.4. The minimum absolute atomic E-state index is 0.0393. The SMILES string of the molecule is C[C@H](NC(=O)[C@H]1CC(=O)N(c2cccc(F)c2)C1)[C@H]1C[C@H]2CC[C@H]1C2. The van der Waals surface area contributed by atoms with Gasteiger partial charge in [0.25, 0.3) is 0 Å². The molecule has 5 atom stereocenters. The van der Waals surface area contributed by atoms with Crippen molar-refractivity contribution < 1.29 is 14.0 Å². The first-order valence-electron chi connectivity index (χ1n) is 9.37. The van der Waals surface area contributed by atoms with E-state index in [-0.39, 0.29) is 36.0 Å². The van der Waals surface area contributed by atoms with E-state index in [1.807, 2.05) is 0 Å². The number of nitrogens with one attached hydrogen (secondary N) is 1. The van der Waals surface area contributed by atoms with E-state index in [4.69, 9.17) is 0 Å². The zero-order chi connectivity index (χ0) is 17.6. The van der Waals surface area contributed by atoms with E-state index in [0.29, 0.717) is 18.2 Å². The van der Waals surface area contributed by atoms with E-state index in [0.717, 1.165) is 11.8 Å². The predicted molar refractivity (Wildman–Crippen MR) is 93.4 cm³/mol. The average molecular weight is 344 g/mol. The monoisotopic (exact) mass is 344 g/mol. The zero-order valence-corrected chi connectivity index (χ0v) is 14.6. The smallest absolute Gasteiger partial charge is 0.227 e. The summed E-state index contributed by atoms with van der Waals surface area (Å²) in [6.45, 7) is 2.43. The molecule has 0 unspecified atom stereocenters. The molecule has 4 rings (SSSR count). The van der Waals surface area contributed by atoms with Gasteiger partial charge in [-0.25, -0.2) is 4.39 Å². The third-order valence-electron chi connectivity index (χ3n) is 6.42. The Bertz CT molecular complexity index is 692. The van der Waals surface area contributed by atoms with Crippen molar-refractivity contribution in [2.45, 2.75) is 45.1 Å². The van der Waals surface area contributed by atoms with Crippen molar-refractivity contribution in [3.63, 3.8) is 0 Å². The Morgan fingerprint density at radius 1 is 1.32 bits per heavy atom. The van der Waals surface area contributed by atoms with E-state index >= 15 is 0 Å². The zero-order valence-electron chi connectivity index (χ0n) is 14.6. The summed E-state index contributed by atoms with van der Waals surface area (Å²) in [6, 6.07) is 6.16. The van der Waals surface area contributed by atoms with Gasteiger partial charge in [-0.1, -0.05) is 12.5 Å². The van der Waals surface area contributed by atoms with Gasteiger partial charge in [-0.05, 0) is 62.1 Å². The molecular formula is C20H25FN2O2. The summed E-state index contributed by atoms with van der Waals surface area (Å²) in [5.41, 5.74) is 0.529. The number of benzene rings is 1. The van der Waals surface area contributed by atoms with Gasteiger partial charge >= 0.3 is 0 Å². The van der Waals surface area contributed by atoms with E-state index in [9.17, 15) is 14.0 Å². The molecular weight excluding hydrogens is 319 g/mol. The molecule has 1 N–H and O–H groups in total. The fourth-order valence-electron chi connectivity index (χ4n) is 5.13. The molecule has 2 saturated carbocycles. The number of anilines is 1. The molecule has 1 saturated heterocycles. The maximum absolute atomic E-state index is 13.4. The number of nitrogens with zero attached hydrogens (tertiary/aromatic N) is 1. The first-order valence-corrected chi connectivity index (χ1v) is 9.37. The number of carbonyl (C=O) groups is 2. The van der Waals surface area contributed by atoms with Crippen LogP contribution < -0.4 is 10.2 Å². The third kappa shape index (κ3) is 3.16. The highest BCUT2D eigenvalue weighted by atomic mass is 19.1. The normalized spacial score (nSPS) is 32.2. The lowest BCUT2D eigenvalue weighted by molar-refractivity contribution is -0.127. The van der Waals surface area contributed by atoms with Gasteiger partial charge in [0.2, 0.25) is 11.8 Å². The van der Waals surface area contributed by atoms with Crippen LogP contribution in [0.4, 0.5) is 10.1 Å². The molecule has 2 aliphatic carbocycles. The number of amides is 2. The lowest BCUT2D eigenvalue weighted by atomic mass is 9.84. The lowest BCUT2D eigenvalue weighted by Crippen LogP contribution is -2.43. The Morgan fingerprint density at radius 2 is 2.16 bits per heavy atom. The largest absolute Gasteiger partial charge is 0.353 e. The van der Waals surface area contributed by atoms with Crippen molar-refractivity contribution in [3.05, 3.63) is 30.1 Å². The second-order valence-corrected chi connectivity index (χ2v) is 8.02. The van der Waals surface area contributed by atoms with Crippen molar-refractivity contribution in [2.75, 3.05) is 11.4 Å². The van der Waals surface area contributed by atoms with E-state index in [1.54, 1.807) is 12.1 Å². The van der Waals surface area contributed by atoms with Gasteiger partial charge in [-0.2, -0.15) is 0 Å². The second kappa shape index (κ2) is 6.43. The summed E-state index contributed by atoms with van der Waals surface area (Å²) >= 11 is 0. The number of carbonyl (C=O) groups excluding carboxylic acids is 2. The number of hydrogen-bond acceptors (Lipinski definition) is 2. The summed E-state index contributed by atoms with van der Waals surface area (Å²) in [5.74, 6) is 1.32. The van der Waals surface area contributed by atoms with E-state index < -0.39 is 0 Å². The van der Waals surface area contributed by atoms with Gasteiger partial charge in [0.1, 0.15) is 5.82 Å². The number of fused-ring (bicyclic) bond motifs is 2. The molecule has 134 valence electrons. The van der Waals surface area contributed by atoms with Crippen LogP contribution >= 0.6 is 0 Å². The summed E-state index contributed by atoms with van der Waals surface area (Å²) in [4.78, 5) is 26.4. The molecule has 3 aliphatic rings. The fourth-order valence-corrected chi connectivity index (χ4v) is 5.13. The fraction of sp³-hybridized carbons (Fsp3) is 0.600. The van der Waals surface area contributed by atoms with Crippen LogP contribution in [0.1, 0.15) is 39.0 Å². The van der Waals surface area contributed by atoms with Crippen molar-refractivity contribution in [2.24, 2.45) is 23.7 Å². The minimum atomic E-state index is -0.372. The van der Waals surface area contributed by atoms with Crippen LogP contribution in [0.25, 0.3) is 0 Å². The Kier molecular flexibility index (Phi) is 4.26. The van der Waals surface area contributed by atoms with Gasteiger partial charge in [0.15, 0.2) is 0 Å². The van der Waals surface area contributed by atoms with Crippen LogP contribution in [0.2, 0.25) is 0 Å². The Balaban J connectivity index is 1.37. The molecule has 1 aliphatic heterocycles. The molecule has 5 heteroatoms. The first kappa shape index (κ1) is 16.6. The summed E-state index contributed by atoms with van der Waals surface area (Å²) in [5, 5.41) is 3.16. The van der Waals surface area contributed by atoms with Crippen LogP contribution in [0.15, 0.2) is 24.3 Å². The maximum Gasteiger partial charge on any atom is 0.227 e. The van der Waals surface area contributed by atoms with Gasteiger partial charge in [0.05, 0.1) is 5.92 Å². The molecule has 25 heavy (non-hydrogen) atoms. The molecule has 1 heterocycles. The maximum atomic E-state index is 13.4. The Morgan fingerprint density at radius 3 is 2.84 bits per heavy atom. The molecule has 0 aromatic heterocycles.